The van der Waals surface area contributed by atoms with E-state index in [9.17, 15) is 33.4 Å². The van der Waals surface area contributed by atoms with Crippen molar-refractivity contribution in [3.63, 3.8) is 0 Å². The highest BCUT2D eigenvalue weighted by Gasteiger charge is 2.38. The first-order valence-corrected chi connectivity index (χ1v) is 8.28. The van der Waals surface area contributed by atoms with E-state index in [-0.39, 0.29) is 12.8 Å². The van der Waals surface area contributed by atoms with Gasteiger partial charge in [-0.1, -0.05) is 6.08 Å². The highest BCUT2D eigenvalue weighted by Crippen LogP contribution is 2.38. The summed E-state index contributed by atoms with van der Waals surface area (Å²) < 4.78 is 45.8. The van der Waals surface area contributed by atoms with E-state index in [2.05, 4.69) is 16.9 Å². The van der Waals surface area contributed by atoms with Crippen LogP contribution in [0.2, 0.25) is 0 Å². The molecule has 2 atom stereocenters. The van der Waals surface area contributed by atoms with Gasteiger partial charge in [0.05, 0.1) is 34.5 Å². The molecule has 1 heterocycles. The Balaban J connectivity index is 3.52. The monoisotopic (exact) mass is 401 g/mol. The number of halogens is 3. The standard InChI is InChI=1S/C18H22F3N3O4/c1-5-6-7-10(9-22)13-11(18(19,20)21)8-12(14(24-13)15(25)26)23-16(27)28-17(2,3)4/h5,8,10,16,23,27H,1,6-7H2,2-4H3,(H,25,26). The van der Waals surface area contributed by atoms with Gasteiger partial charge in [0.25, 0.3) is 0 Å². The molecule has 0 aromatic carbocycles. The summed E-state index contributed by atoms with van der Waals surface area (Å²) in [6.45, 7) is 8.23. The largest absolute Gasteiger partial charge is 0.476 e. The van der Waals surface area contributed by atoms with Crippen LogP contribution >= 0.6 is 0 Å². The van der Waals surface area contributed by atoms with Crippen molar-refractivity contribution in [2.24, 2.45) is 0 Å². The number of carboxylic acid groups (broad SMARTS) is 1. The van der Waals surface area contributed by atoms with Gasteiger partial charge in [-0.05, 0) is 39.7 Å². The van der Waals surface area contributed by atoms with E-state index in [1.807, 2.05) is 0 Å². The number of nitrogens with zero attached hydrogens (tertiary/aromatic N) is 2. The molecule has 10 heteroatoms. The Morgan fingerprint density at radius 2 is 2.07 bits per heavy atom. The fourth-order valence-electron chi connectivity index (χ4n) is 2.34. The molecule has 0 fully saturated rings. The molecule has 0 aliphatic rings. The van der Waals surface area contributed by atoms with Crippen LogP contribution in [-0.4, -0.2) is 33.2 Å². The van der Waals surface area contributed by atoms with Crippen LogP contribution in [0.1, 0.15) is 61.3 Å². The molecule has 1 aromatic rings. The second kappa shape index (κ2) is 9.03. The molecule has 0 radical (unpaired) electrons. The first kappa shape index (κ1) is 23.4. The summed E-state index contributed by atoms with van der Waals surface area (Å²) in [5.74, 6) is -2.90. The number of hydrogen-bond donors (Lipinski definition) is 3. The van der Waals surface area contributed by atoms with Gasteiger partial charge < -0.3 is 20.3 Å². The van der Waals surface area contributed by atoms with Crippen molar-refractivity contribution < 1.29 is 32.9 Å². The molecule has 3 N–H and O–H groups in total. The lowest BCUT2D eigenvalue weighted by molar-refractivity contribution is -0.149. The van der Waals surface area contributed by atoms with E-state index < -0.39 is 52.7 Å². The van der Waals surface area contributed by atoms with E-state index in [1.54, 1.807) is 26.8 Å². The van der Waals surface area contributed by atoms with E-state index in [4.69, 9.17) is 4.74 Å². The smallest absolute Gasteiger partial charge is 0.418 e. The lowest BCUT2D eigenvalue weighted by Crippen LogP contribution is -2.33. The van der Waals surface area contributed by atoms with E-state index >= 15 is 0 Å². The Bertz CT molecular complexity index is 767. The highest BCUT2D eigenvalue weighted by atomic mass is 19.4. The van der Waals surface area contributed by atoms with Crippen LogP contribution in [0.4, 0.5) is 18.9 Å². The maximum absolute atomic E-state index is 13.6. The zero-order valence-electron chi connectivity index (χ0n) is 15.7. The zero-order chi connectivity index (χ0) is 21.7. The van der Waals surface area contributed by atoms with Gasteiger partial charge in [0, 0.05) is 0 Å². The fourth-order valence-corrected chi connectivity index (χ4v) is 2.34. The number of rotatable bonds is 8. The topological polar surface area (TPSA) is 115 Å². The van der Waals surface area contributed by atoms with Crippen molar-refractivity contribution in [2.45, 2.75) is 57.7 Å². The number of hydrogen-bond acceptors (Lipinski definition) is 6. The Labute approximate surface area is 160 Å². The molecule has 0 spiro atoms. The molecule has 0 aliphatic heterocycles. The van der Waals surface area contributed by atoms with E-state index in [0.717, 1.165) is 0 Å². The lowest BCUT2D eigenvalue weighted by atomic mass is 9.95. The molecule has 1 rings (SSSR count). The van der Waals surface area contributed by atoms with Crippen LogP contribution < -0.4 is 5.32 Å². The van der Waals surface area contributed by atoms with E-state index in [0.29, 0.717) is 6.07 Å². The number of aromatic nitrogens is 1. The molecule has 0 saturated carbocycles. The summed E-state index contributed by atoms with van der Waals surface area (Å²) in [7, 11) is 0. The minimum absolute atomic E-state index is 0.00231. The lowest BCUT2D eigenvalue weighted by Gasteiger charge is -2.26. The Morgan fingerprint density at radius 1 is 1.46 bits per heavy atom. The van der Waals surface area contributed by atoms with Crippen LogP contribution in [0.3, 0.4) is 0 Å². The molecule has 0 aliphatic carbocycles. The van der Waals surface area contributed by atoms with Gasteiger partial charge in [0.15, 0.2) is 5.69 Å². The number of aliphatic hydroxyl groups excluding tert-OH is 1. The fraction of sp³-hybridized carbons (Fsp3) is 0.500. The van der Waals surface area contributed by atoms with Crippen LogP contribution in [-0.2, 0) is 10.9 Å². The van der Waals surface area contributed by atoms with Gasteiger partial charge in [-0.15, -0.1) is 6.58 Å². The van der Waals surface area contributed by atoms with Crippen LogP contribution in [0.15, 0.2) is 18.7 Å². The second-order valence-corrected chi connectivity index (χ2v) is 6.89. The first-order valence-electron chi connectivity index (χ1n) is 8.28. The van der Waals surface area contributed by atoms with Gasteiger partial charge >= 0.3 is 12.1 Å². The normalized spacial score (nSPS) is 14.1. The molecule has 1 aromatic heterocycles. The van der Waals surface area contributed by atoms with Gasteiger partial charge in [-0.25, -0.2) is 9.78 Å². The molecule has 0 bridgehead atoms. The Morgan fingerprint density at radius 3 is 2.50 bits per heavy atom. The van der Waals surface area contributed by atoms with Crippen molar-refractivity contribution >= 4 is 11.7 Å². The number of carboxylic acids is 1. The summed E-state index contributed by atoms with van der Waals surface area (Å²) in [5, 5.41) is 30.7. The maximum Gasteiger partial charge on any atom is 0.418 e. The summed E-state index contributed by atoms with van der Waals surface area (Å²) in [4.78, 5) is 15.1. The maximum atomic E-state index is 13.6. The average Bonchev–Trinajstić information content (AvgIpc) is 2.53. The molecule has 7 nitrogen and oxygen atoms in total. The highest BCUT2D eigenvalue weighted by molar-refractivity contribution is 5.92. The minimum atomic E-state index is -4.89. The number of anilines is 1. The third kappa shape index (κ3) is 6.51. The molecule has 154 valence electrons. The van der Waals surface area contributed by atoms with Gasteiger partial charge in [-0.3, -0.25) is 0 Å². The predicted octanol–water partition coefficient (Wildman–Crippen LogP) is 3.87. The second-order valence-electron chi connectivity index (χ2n) is 6.89. The number of aliphatic hydroxyl groups is 1. The zero-order valence-corrected chi connectivity index (χ0v) is 15.7. The average molecular weight is 401 g/mol. The van der Waals surface area contributed by atoms with Gasteiger partial charge in [-0.2, -0.15) is 18.4 Å². The van der Waals surface area contributed by atoms with Gasteiger partial charge in [0.2, 0.25) is 6.41 Å². The predicted molar refractivity (Wildman–Crippen MR) is 94.5 cm³/mol. The molecule has 0 amide bonds. The summed E-state index contributed by atoms with van der Waals surface area (Å²) in [6.07, 6.45) is -4.99. The molecule has 28 heavy (non-hydrogen) atoms. The Kier molecular flexibility index (Phi) is 7.55. The van der Waals surface area contributed by atoms with Crippen molar-refractivity contribution in [1.29, 1.82) is 5.26 Å². The number of nitriles is 1. The number of carbonyl (C=O) groups is 1. The summed E-state index contributed by atoms with van der Waals surface area (Å²) in [5.41, 5.74) is -4.16. The number of nitrogens with one attached hydrogen (secondary N) is 1. The number of alkyl halides is 3. The quantitative estimate of drug-likeness (QED) is 0.447. The van der Waals surface area contributed by atoms with Crippen molar-refractivity contribution in [3.8, 4) is 6.07 Å². The number of aromatic carboxylic acids is 1. The van der Waals surface area contributed by atoms with Crippen molar-refractivity contribution in [3.05, 3.63) is 35.7 Å². The van der Waals surface area contributed by atoms with E-state index in [1.165, 1.54) is 6.08 Å². The third-order valence-corrected chi connectivity index (χ3v) is 3.45. The molecule has 0 saturated heterocycles. The number of pyridine rings is 1. The van der Waals surface area contributed by atoms with Crippen LogP contribution in [0, 0.1) is 11.3 Å². The molecule has 2 unspecified atom stereocenters. The minimum Gasteiger partial charge on any atom is -0.476 e. The van der Waals surface area contributed by atoms with Gasteiger partial charge in [0.1, 0.15) is 0 Å². The Hall–Kier alpha value is -2.64. The molecular weight excluding hydrogens is 379 g/mol. The van der Waals surface area contributed by atoms with Crippen molar-refractivity contribution in [2.75, 3.05) is 5.32 Å². The van der Waals surface area contributed by atoms with Crippen molar-refractivity contribution in [1.82, 2.24) is 4.98 Å². The summed E-state index contributed by atoms with van der Waals surface area (Å²) >= 11 is 0. The summed E-state index contributed by atoms with van der Waals surface area (Å²) in [6, 6.07) is 2.24. The third-order valence-electron chi connectivity index (χ3n) is 3.45. The van der Waals surface area contributed by atoms with Crippen LogP contribution in [0.5, 0.6) is 0 Å². The van der Waals surface area contributed by atoms with Crippen LogP contribution in [0.25, 0.3) is 0 Å². The first-order chi connectivity index (χ1) is 12.8. The molecular formula is C18H22F3N3O4. The SMILES string of the molecule is C=CCCC(C#N)c1nc(C(=O)O)c(NC(O)OC(C)(C)C)cc1C(F)(F)F. The number of allylic oxidation sites excluding steroid dienone is 1. The number of ether oxygens (including phenoxy) is 1.